The first-order valence-corrected chi connectivity index (χ1v) is 13.2. The Morgan fingerprint density at radius 2 is 1.82 bits per heavy atom. The van der Waals surface area contributed by atoms with E-state index in [1.165, 1.54) is 11.0 Å². The number of likely N-dealkylation sites (N-methyl/N-ethyl adjacent to an activating group) is 1. The van der Waals surface area contributed by atoms with Gasteiger partial charge in [0, 0.05) is 29.6 Å². The van der Waals surface area contributed by atoms with Gasteiger partial charge in [0.2, 0.25) is 5.78 Å². The molecule has 2 aromatic carbocycles. The maximum atomic E-state index is 13.9. The molecule has 0 saturated heterocycles. The van der Waals surface area contributed by atoms with Crippen LogP contribution in [0.4, 0.5) is 0 Å². The van der Waals surface area contributed by atoms with Crippen LogP contribution in [0.25, 0.3) is 5.76 Å². The van der Waals surface area contributed by atoms with Crippen molar-refractivity contribution in [1.29, 1.82) is 0 Å². The molecule has 0 bridgehead atoms. The average Bonchev–Trinajstić information content (AvgIpc) is 2.89. The monoisotopic (exact) mass is 567 g/mol. The average molecular weight is 568 g/mol. The number of nitrogens with two attached hydrogens (primary N) is 1. The Labute approximate surface area is 235 Å². The third-order valence-corrected chi connectivity index (χ3v) is 8.69. The fourth-order valence-corrected chi connectivity index (χ4v) is 6.71. The zero-order chi connectivity index (χ0) is 29.1. The van der Waals surface area contributed by atoms with Crippen LogP contribution in [0.5, 0.6) is 5.75 Å². The highest BCUT2D eigenvalue weighted by atomic mass is 35.5. The second-order valence-electron chi connectivity index (χ2n) is 10.8. The zero-order valence-corrected chi connectivity index (χ0v) is 22.7. The van der Waals surface area contributed by atoms with Crippen molar-refractivity contribution in [2.24, 2.45) is 17.6 Å². The van der Waals surface area contributed by atoms with Gasteiger partial charge in [0.25, 0.3) is 5.91 Å². The van der Waals surface area contributed by atoms with Gasteiger partial charge in [0.15, 0.2) is 11.4 Å². The van der Waals surface area contributed by atoms with Crippen LogP contribution in [0.3, 0.4) is 0 Å². The minimum Gasteiger partial charge on any atom is -0.508 e. The van der Waals surface area contributed by atoms with Crippen molar-refractivity contribution in [2.45, 2.75) is 37.6 Å². The van der Waals surface area contributed by atoms with E-state index in [0.717, 1.165) is 5.56 Å². The number of phenols is 1. The van der Waals surface area contributed by atoms with E-state index in [4.69, 9.17) is 17.3 Å². The zero-order valence-electron chi connectivity index (χ0n) is 21.9. The summed E-state index contributed by atoms with van der Waals surface area (Å²) in [6, 6.07) is 9.99. The van der Waals surface area contributed by atoms with E-state index in [-0.39, 0.29) is 29.7 Å². The number of rotatable bonds is 6. The highest BCUT2D eigenvalue weighted by Crippen LogP contribution is 2.53. The maximum absolute atomic E-state index is 13.9. The number of phenolic OH excluding ortho intramolecular Hbond substituents is 1. The molecule has 1 fully saturated rings. The van der Waals surface area contributed by atoms with Gasteiger partial charge in [-0.05, 0) is 55.6 Å². The molecule has 0 heterocycles. The molecule has 3 aliphatic carbocycles. The molecule has 1 amide bonds. The molecule has 40 heavy (non-hydrogen) atoms. The Morgan fingerprint density at radius 3 is 2.45 bits per heavy atom. The molecule has 2 aromatic rings. The van der Waals surface area contributed by atoms with Crippen molar-refractivity contribution in [2.75, 3.05) is 14.1 Å². The van der Waals surface area contributed by atoms with Crippen molar-refractivity contribution in [3.8, 4) is 5.75 Å². The molecule has 0 radical (unpaired) electrons. The molecule has 0 unspecified atom stereocenters. The molecule has 5 rings (SSSR count). The van der Waals surface area contributed by atoms with Crippen LogP contribution in [-0.2, 0) is 33.9 Å². The van der Waals surface area contributed by atoms with Gasteiger partial charge >= 0.3 is 0 Å². The largest absolute Gasteiger partial charge is 0.508 e. The van der Waals surface area contributed by atoms with Gasteiger partial charge in [-0.15, -0.1) is 0 Å². The third-order valence-electron chi connectivity index (χ3n) is 8.22. The minimum absolute atomic E-state index is 0.000657. The maximum Gasteiger partial charge on any atom is 0.255 e. The molecular formula is C29H30ClN3O7. The van der Waals surface area contributed by atoms with Crippen LogP contribution >= 0.6 is 11.6 Å². The third kappa shape index (κ3) is 4.10. The molecule has 3 aliphatic rings. The number of amides is 1. The van der Waals surface area contributed by atoms with Gasteiger partial charge in [0.05, 0.1) is 11.6 Å². The van der Waals surface area contributed by atoms with Crippen LogP contribution < -0.4 is 11.1 Å². The summed E-state index contributed by atoms with van der Waals surface area (Å²) in [5, 5.41) is 48.3. The number of halogens is 1. The van der Waals surface area contributed by atoms with Crippen molar-refractivity contribution >= 4 is 34.8 Å². The minimum atomic E-state index is -2.68. The van der Waals surface area contributed by atoms with E-state index >= 15 is 0 Å². The van der Waals surface area contributed by atoms with Crippen LogP contribution in [-0.4, -0.2) is 68.5 Å². The number of hydrogen-bond acceptors (Lipinski definition) is 9. The Morgan fingerprint density at radius 1 is 1.15 bits per heavy atom. The number of benzene rings is 2. The van der Waals surface area contributed by atoms with Crippen LogP contribution in [0.2, 0.25) is 5.02 Å². The van der Waals surface area contributed by atoms with E-state index in [9.17, 15) is 34.8 Å². The highest BCUT2D eigenvalue weighted by molar-refractivity contribution is 6.32. The lowest BCUT2D eigenvalue weighted by Gasteiger charge is -2.50. The molecule has 4 atom stereocenters. The van der Waals surface area contributed by atoms with Crippen molar-refractivity contribution in [1.82, 2.24) is 10.2 Å². The Hall–Kier alpha value is -3.70. The fraction of sp³-hybridized carbons (Fsp3) is 0.345. The predicted molar refractivity (Wildman–Crippen MR) is 146 cm³/mol. The topological polar surface area (TPSA) is 173 Å². The molecule has 7 N–H and O–H groups in total. The standard InChI is InChI=1S/C29H30ClN3O7/c1-33(2)23-17-9-14-8-16-20(18(34)10-15(22(16)30)12-32-11-13-6-4-3-5-7-13)24(35)19(14)26(37)29(17,40)27(38)21(25(23)36)28(31)39/h3-7,10,14,17,23,32,34-35,38,40H,8-9,11-12H2,1-2H3,(H2,31,39)/t14-,17-,23-,29-/m0/s1. The molecule has 0 spiro atoms. The summed E-state index contributed by atoms with van der Waals surface area (Å²) >= 11 is 6.78. The number of carbonyl (C=O) groups is 3. The van der Waals surface area contributed by atoms with Crippen LogP contribution in [0.1, 0.15) is 28.7 Å². The van der Waals surface area contributed by atoms with Gasteiger partial charge in [-0.3, -0.25) is 19.3 Å². The summed E-state index contributed by atoms with van der Waals surface area (Å²) in [5.74, 6) is -6.96. The van der Waals surface area contributed by atoms with E-state index < -0.39 is 58.0 Å². The van der Waals surface area contributed by atoms with E-state index in [1.54, 1.807) is 14.1 Å². The summed E-state index contributed by atoms with van der Waals surface area (Å²) in [5.41, 5.74) is 3.66. The number of primary amides is 1. The normalized spacial score (nSPS) is 26.1. The Bertz CT molecular complexity index is 1500. The number of aromatic hydroxyl groups is 1. The summed E-state index contributed by atoms with van der Waals surface area (Å²) in [7, 11) is 3.11. The number of ketones is 2. The molecule has 0 aliphatic heterocycles. The highest BCUT2D eigenvalue weighted by Gasteiger charge is 2.64. The predicted octanol–water partition coefficient (Wildman–Crippen LogP) is 1.91. The van der Waals surface area contributed by atoms with Gasteiger partial charge in [-0.1, -0.05) is 41.9 Å². The van der Waals surface area contributed by atoms with Gasteiger partial charge in [-0.2, -0.15) is 0 Å². The summed E-state index contributed by atoms with van der Waals surface area (Å²) < 4.78 is 0. The number of nitrogens with one attached hydrogen (secondary N) is 1. The molecule has 210 valence electrons. The quantitative estimate of drug-likeness (QED) is 0.285. The second-order valence-corrected chi connectivity index (χ2v) is 11.2. The van der Waals surface area contributed by atoms with E-state index in [1.807, 2.05) is 30.3 Å². The van der Waals surface area contributed by atoms with Crippen LogP contribution in [0, 0.1) is 11.8 Å². The fourth-order valence-electron chi connectivity index (χ4n) is 6.41. The second kappa shape index (κ2) is 10.0. The number of carbonyl (C=O) groups excluding carboxylic acids is 3. The van der Waals surface area contributed by atoms with Gasteiger partial charge in [0.1, 0.15) is 22.8 Å². The summed E-state index contributed by atoms with van der Waals surface area (Å²) in [4.78, 5) is 40.6. The molecule has 10 nitrogen and oxygen atoms in total. The molecular weight excluding hydrogens is 538 g/mol. The molecule has 0 aromatic heterocycles. The number of fused-ring (bicyclic) bond motifs is 3. The first kappa shape index (κ1) is 27.9. The molecule has 11 heteroatoms. The number of Topliss-reactive ketones (excluding diaryl/α,β-unsaturated/α-hetero) is 2. The summed E-state index contributed by atoms with van der Waals surface area (Å²) in [6.07, 6.45) is 0.132. The van der Waals surface area contributed by atoms with Gasteiger partial charge < -0.3 is 31.5 Å². The van der Waals surface area contributed by atoms with Gasteiger partial charge in [-0.25, -0.2) is 0 Å². The molecule has 1 saturated carbocycles. The Kier molecular flexibility index (Phi) is 6.99. The van der Waals surface area contributed by atoms with Crippen LogP contribution in [0.15, 0.2) is 53.3 Å². The number of hydrogen-bond donors (Lipinski definition) is 6. The number of aliphatic hydroxyl groups excluding tert-OH is 2. The van der Waals surface area contributed by atoms with Crippen molar-refractivity contribution in [3.63, 3.8) is 0 Å². The SMILES string of the molecule is CN(C)[C@@H]1C(=O)C(C(N)=O)=C(O)[C@@]2(O)C(=O)C3=C(O)c4c(O)cc(CNCc5ccccc5)c(Cl)c4C[C@H]3C[C@@H]12. The van der Waals surface area contributed by atoms with Crippen molar-refractivity contribution < 1.29 is 34.8 Å². The lowest BCUT2D eigenvalue weighted by atomic mass is 9.57. The van der Waals surface area contributed by atoms with E-state index in [2.05, 4.69) is 5.32 Å². The van der Waals surface area contributed by atoms with Crippen molar-refractivity contribution in [3.05, 3.63) is 80.6 Å². The first-order valence-electron chi connectivity index (χ1n) is 12.8. The lowest BCUT2D eigenvalue weighted by molar-refractivity contribution is -0.153. The Balaban J connectivity index is 1.57. The smallest absolute Gasteiger partial charge is 0.255 e. The van der Waals surface area contributed by atoms with E-state index in [0.29, 0.717) is 29.2 Å². The number of nitrogens with zero attached hydrogens (tertiary/aromatic N) is 1. The lowest BCUT2D eigenvalue weighted by Crippen LogP contribution is -2.65. The first-order chi connectivity index (χ1) is 18.9. The summed E-state index contributed by atoms with van der Waals surface area (Å²) in [6.45, 7) is 0.885. The number of aliphatic hydroxyl groups is 3.